The first-order valence-electron chi connectivity index (χ1n) is 7.47. The highest BCUT2D eigenvalue weighted by Crippen LogP contribution is 2.39. The molecule has 24 heavy (non-hydrogen) atoms. The van der Waals surface area contributed by atoms with E-state index in [1.807, 2.05) is 24.3 Å². The van der Waals surface area contributed by atoms with E-state index in [9.17, 15) is 13.5 Å². The summed E-state index contributed by atoms with van der Waals surface area (Å²) in [5, 5.41) is 9.21. The Hall–Kier alpha value is -1.96. The predicted molar refractivity (Wildman–Crippen MR) is 97.4 cm³/mol. The molecule has 0 bridgehead atoms. The number of hydrogen-bond acceptors (Lipinski definition) is 5. The number of hydrogen-bond donors (Lipinski definition) is 2. The standard InChI is InChI=1S/C17H18N2O3S2/c18-13-5-7-15(8-6-13)24(21,22)19-11-9-14(10-12-20)23-17-4-2-1-3-16(17)19/h1-9,11,14,20H,10,12,18H2. The van der Waals surface area contributed by atoms with E-state index in [1.54, 1.807) is 36.2 Å². The lowest BCUT2D eigenvalue weighted by molar-refractivity contribution is 0.291. The van der Waals surface area contributed by atoms with Crippen molar-refractivity contribution in [2.45, 2.75) is 21.5 Å². The summed E-state index contributed by atoms with van der Waals surface area (Å²) in [7, 11) is -3.74. The van der Waals surface area contributed by atoms with Gasteiger partial charge in [-0.15, -0.1) is 11.8 Å². The maximum Gasteiger partial charge on any atom is 0.268 e. The lowest BCUT2D eigenvalue weighted by Gasteiger charge is -2.21. The summed E-state index contributed by atoms with van der Waals surface area (Å²) >= 11 is 1.55. The molecule has 3 N–H and O–H groups in total. The normalized spacial score (nSPS) is 17.4. The Bertz CT molecular complexity index is 848. The molecule has 0 amide bonds. The molecule has 3 rings (SSSR count). The Balaban J connectivity index is 2.08. The quantitative estimate of drug-likeness (QED) is 0.817. The van der Waals surface area contributed by atoms with E-state index in [1.165, 1.54) is 16.4 Å². The molecule has 0 aliphatic carbocycles. The third kappa shape index (κ3) is 3.28. The van der Waals surface area contributed by atoms with Crippen molar-refractivity contribution in [2.24, 2.45) is 0 Å². The highest BCUT2D eigenvalue weighted by atomic mass is 32.2. The third-order valence-corrected chi connectivity index (χ3v) is 6.67. The van der Waals surface area contributed by atoms with E-state index in [0.717, 1.165) is 4.90 Å². The van der Waals surface area contributed by atoms with Crippen molar-refractivity contribution in [3.63, 3.8) is 0 Å². The molecule has 1 heterocycles. The minimum Gasteiger partial charge on any atom is -0.399 e. The molecule has 1 unspecified atom stereocenters. The fourth-order valence-electron chi connectivity index (χ4n) is 2.44. The summed E-state index contributed by atoms with van der Waals surface area (Å²) < 4.78 is 27.4. The van der Waals surface area contributed by atoms with Crippen LogP contribution in [0.3, 0.4) is 0 Å². The van der Waals surface area contributed by atoms with Crippen LogP contribution in [0.25, 0.3) is 0 Å². The highest BCUT2D eigenvalue weighted by molar-refractivity contribution is 8.00. The largest absolute Gasteiger partial charge is 0.399 e. The Labute approximate surface area is 145 Å². The number of thioether (sulfide) groups is 1. The summed E-state index contributed by atoms with van der Waals surface area (Å²) in [6.07, 6.45) is 3.95. The molecule has 5 nitrogen and oxygen atoms in total. The minimum atomic E-state index is -3.74. The molecule has 2 aromatic carbocycles. The summed E-state index contributed by atoms with van der Waals surface area (Å²) in [6, 6.07) is 13.5. The van der Waals surface area contributed by atoms with Crippen LogP contribution in [0.4, 0.5) is 11.4 Å². The van der Waals surface area contributed by atoms with Crippen molar-refractivity contribution in [3.05, 3.63) is 60.8 Å². The Morgan fingerprint density at radius 1 is 1.12 bits per heavy atom. The number of fused-ring (bicyclic) bond motifs is 1. The van der Waals surface area contributed by atoms with E-state index in [2.05, 4.69) is 0 Å². The van der Waals surface area contributed by atoms with Gasteiger partial charge in [-0.25, -0.2) is 12.7 Å². The van der Waals surface area contributed by atoms with Crippen LogP contribution in [0.2, 0.25) is 0 Å². The van der Waals surface area contributed by atoms with Crippen molar-refractivity contribution in [1.29, 1.82) is 0 Å². The summed E-state index contributed by atoms with van der Waals surface area (Å²) in [4.78, 5) is 1.04. The van der Waals surface area contributed by atoms with E-state index in [-0.39, 0.29) is 16.8 Å². The number of sulfonamides is 1. The van der Waals surface area contributed by atoms with Gasteiger partial charge >= 0.3 is 0 Å². The average Bonchev–Trinajstić information content (AvgIpc) is 2.75. The van der Waals surface area contributed by atoms with Gasteiger partial charge in [0, 0.05) is 28.6 Å². The van der Waals surface area contributed by atoms with Gasteiger partial charge in [0.2, 0.25) is 0 Å². The van der Waals surface area contributed by atoms with E-state index in [4.69, 9.17) is 5.73 Å². The molecule has 0 fully saturated rings. The molecule has 7 heteroatoms. The molecule has 0 saturated heterocycles. The Morgan fingerprint density at radius 3 is 2.54 bits per heavy atom. The first-order chi connectivity index (χ1) is 11.5. The second-order valence-corrected chi connectivity index (χ2v) is 8.44. The van der Waals surface area contributed by atoms with Crippen molar-refractivity contribution < 1.29 is 13.5 Å². The van der Waals surface area contributed by atoms with Crippen LogP contribution in [0, 0.1) is 0 Å². The maximum absolute atomic E-state index is 13.1. The molecular formula is C17H18N2O3S2. The number of anilines is 2. The molecular weight excluding hydrogens is 344 g/mol. The molecule has 1 aliphatic rings. The van der Waals surface area contributed by atoms with Crippen LogP contribution < -0.4 is 10.0 Å². The highest BCUT2D eigenvalue weighted by Gasteiger charge is 2.27. The van der Waals surface area contributed by atoms with Gasteiger partial charge in [-0.05, 0) is 42.8 Å². The lowest BCUT2D eigenvalue weighted by Crippen LogP contribution is -2.25. The number of nitrogens with two attached hydrogens (primary N) is 1. The summed E-state index contributed by atoms with van der Waals surface area (Å²) in [6.45, 7) is 0.0505. The number of nitrogens with zero attached hydrogens (tertiary/aromatic N) is 1. The van der Waals surface area contributed by atoms with Crippen LogP contribution >= 0.6 is 11.8 Å². The second-order valence-electron chi connectivity index (χ2n) is 5.35. The number of rotatable bonds is 4. The Morgan fingerprint density at radius 2 is 1.83 bits per heavy atom. The van der Waals surface area contributed by atoms with Gasteiger partial charge in [0.15, 0.2) is 0 Å². The number of benzene rings is 2. The lowest BCUT2D eigenvalue weighted by atomic mass is 10.3. The molecule has 0 radical (unpaired) electrons. The molecule has 0 aromatic heterocycles. The van der Waals surface area contributed by atoms with Crippen molar-refractivity contribution in [3.8, 4) is 0 Å². The van der Waals surface area contributed by atoms with Crippen LogP contribution in [0.15, 0.2) is 70.6 Å². The zero-order valence-electron chi connectivity index (χ0n) is 12.9. The van der Waals surface area contributed by atoms with Gasteiger partial charge in [0.1, 0.15) is 0 Å². The molecule has 0 saturated carbocycles. The van der Waals surface area contributed by atoms with Crippen molar-refractivity contribution in [2.75, 3.05) is 16.6 Å². The van der Waals surface area contributed by atoms with Crippen molar-refractivity contribution >= 4 is 33.2 Å². The van der Waals surface area contributed by atoms with Gasteiger partial charge in [0.25, 0.3) is 10.0 Å². The second kappa shape index (κ2) is 6.88. The predicted octanol–water partition coefficient (Wildman–Crippen LogP) is 2.83. The molecule has 126 valence electrons. The van der Waals surface area contributed by atoms with Gasteiger partial charge in [-0.3, -0.25) is 0 Å². The van der Waals surface area contributed by atoms with Crippen molar-refractivity contribution in [1.82, 2.24) is 0 Å². The number of nitrogen functional groups attached to an aromatic ring is 1. The monoisotopic (exact) mass is 362 g/mol. The van der Waals surface area contributed by atoms with Gasteiger partial charge in [-0.2, -0.15) is 0 Å². The van der Waals surface area contributed by atoms with Gasteiger partial charge < -0.3 is 10.8 Å². The SMILES string of the molecule is Nc1ccc(S(=O)(=O)N2C=CC(CCO)Sc3ccccc32)cc1. The minimum absolute atomic E-state index is 0.0165. The Kier molecular flexibility index (Phi) is 4.84. The summed E-state index contributed by atoms with van der Waals surface area (Å²) in [5.74, 6) is 0. The number of aliphatic hydroxyl groups is 1. The maximum atomic E-state index is 13.1. The fourth-order valence-corrected chi connectivity index (χ4v) is 5.00. The number of aliphatic hydroxyl groups excluding tert-OH is 1. The molecule has 1 aliphatic heterocycles. The smallest absolute Gasteiger partial charge is 0.268 e. The van der Waals surface area contributed by atoms with Gasteiger partial charge in [0.05, 0.1) is 10.6 Å². The van der Waals surface area contributed by atoms with Crippen LogP contribution in [0.1, 0.15) is 6.42 Å². The molecule has 2 aromatic rings. The zero-order chi connectivity index (χ0) is 17.2. The fraction of sp³-hybridized carbons (Fsp3) is 0.176. The first-order valence-corrected chi connectivity index (χ1v) is 9.79. The summed E-state index contributed by atoms with van der Waals surface area (Å²) in [5.41, 5.74) is 6.77. The van der Waals surface area contributed by atoms with Gasteiger partial charge in [-0.1, -0.05) is 18.2 Å². The topological polar surface area (TPSA) is 83.6 Å². The average molecular weight is 362 g/mol. The third-order valence-electron chi connectivity index (χ3n) is 3.67. The van der Waals surface area contributed by atoms with Crippen LogP contribution in [0.5, 0.6) is 0 Å². The van der Waals surface area contributed by atoms with E-state index < -0.39 is 10.0 Å². The van der Waals surface area contributed by atoms with E-state index in [0.29, 0.717) is 17.8 Å². The van der Waals surface area contributed by atoms with Crippen LogP contribution in [-0.2, 0) is 10.0 Å². The zero-order valence-corrected chi connectivity index (χ0v) is 14.5. The molecule has 1 atom stereocenters. The van der Waals surface area contributed by atoms with E-state index >= 15 is 0 Å². The number of para-hydroxylation sites is 1. The van der Waals surface area contributed by atoms with Crippen LogP contribution in [-0.4, -0.2) is 25.4 Å². The molecule has 0 spiro atoms. The first kappa shape index (κ1) is 16.9.